The molecule has 0 bridgehead atoms. The van der Waals surface area contributed by atoms with Crippen LogP contribution in [0.5, 0.6) is 0 Å². The third-order valence-electron chi connectivity index (χ3n) is 3.00. The van der Waals surface area contributed by atoms with Crippen molar-refractivity contribution in [2.75, 3.05) is 26.2 Å². The summed E-state index contributed by atoms with van der Waals surface area (Å²) in [4.78, 5) is 38.7. The molecule has 0 unspecified atom stereocenters. The minimum atomic E-state index is -0.620. The zero-order valence-corrected chi connectivity index (χ0v) is 15.7. The van der Waals surface area contributed by atoms with Crippen molar-refractivity contribution in [2.24, 2.45) is 5.92 Å². The lowest BCUT2D eigenvalue weighted by Crippen LogP contribution is -2.41. The van der Waals surface area contributed by atoms with Crippen molar-refractivity contribution < 1.29 is 19.1 Å². The predicted molar refractivity (Wildman–Crippen MR) is 93.0 cm³/mol. The summed E-state index contributed by atoms with van der Waals surface area (Å²) in [5, 5.41) is 0. The Kier molecular flexibility index (Phi) is 9.12. The monoisotopic (exact) mass is 338 g/mol. The molecule has 0 aliphatic carbocycles. The molecule has 0 fully saturated rings. The van der Waals surface area contributed by atoms with Crippen LogP contribution in [0.15, 0.2) is 0 Å². The van der Waals surface area contributed by atoms with Crippen LogP contribution < -0.4 is 0 Å². The number of rotatable bonds is 8. The molecule has 0 saturated heterocycles. The van der Waals surface area contributed by atoms with Gasteiger partial charge in [-0.2, -0.15) is 0 Å². The third kappa shape index (κ3) is 9.88. The highest BCUT2D eigenvalue weighted by Gasteiger charge is 2.22. The van der Waals surface area contributed by atoms with Gasteiger partial charge >= 0.3 is 5.97 Å². The molecule has 0 rings (SSSR count). The number of nitrogens with zero attached hydrogens (tertiary/aromatic N) is 2. The highest BCUT2D eigenvalue weighted by molar-refractivity contribution is 5.83. The van der Waals surface area contributed by atoms with Crippen LogP contribution in [0.2, 0.25) is 0 Å². The molecule has 136 valence electrons. The molecule has 0 N–H and O–H groups in total. The van der Waals surface area contributed by atoms with Gasteiger partial charge in [-0.3, -0.25) is 14.4 Å². The lowest BCUT2D eigenvalue weighted by molar-refractivity contribution is -0.158. The van der Waals surface area contributed by atoms with Crippen molar-refractivity contribution in [1.82, 2.24) is 9.80 Å². The first-order chi connectivity index (χ1) is 11.0. The molecule has 0 aromatic heterocycles. The largest absolute Gasteiger partial charge is 0.459 e. The molecule has 6 nitrogen and oxygen atoms in total. The van der Waals surface area contributed by atoms with Gasteiger partial charge in [0.25, 0.3) is 0 Å². The van der Waals surface area contributed by atoms with Gasteiger partial charge in [-0.15, -0.1) is 6.42 Å². The summed E-state index contributed by atoms with van der Waals surface area (Å²) in [5.74, 6) is 1.84. The highest BCUT2D eigenvalue weighted by atomic mass is 16.6. The average molecular weight is 338 g/mol. The molecular weight excluding hydrogens is 308 g/mol. The van der Waals surface area contributed by atoms with E-state index in [4.69, 9.17) is 11.2 Å². The smallest absolute Gasteiger partial charge is 0.326 e. The summed E-state index contributed by atoms with van der Waals surface area (Å²) in [6, 6.07) is 0. The van der Waals surface area contributed by atoms with E-state index in [2.05, 4.69) is 5.92 Å². The number of esters is 1. The first-order valence-electron chi connectivity index (χ1n) is 8.15. The lowest BCUT2D eigenvalue weighted by Gasteiger charge is -2.26. The van der Waals surface area contributed by atoms with E-state index < -0.39 is 11.6 Å². The fourth-order valence-electron chi connectivity index (χ4n) is 2.08. The Balaban J connectivity index is 4.71. The Labute approximate surface area is 145 Å². The maximum Gasteiger partial charge on any atom is 0.326 e. The van der Waals surface area contributed by atoms with E-state index in [1.807, 2.05) is 13.8 Å². The second kappa shape index (κ2) is 9.96. The fraction of sp³-hybridized carbons (Fsp3) is 0.722. The minimum absolute atomic E-state index is 0.0301. The van der Waals surface area contributed by atoms with E-state index in [-0.39, 0.29) is 31.3 Å². The van der Waals surface area contributed by atoms with E-state index >= 15 is 0 Å². The van der Waals surface area contributed by atoms with E-state index in [9.17, 15) is 14.4 Å². The van der Waals surface area contributed by atoms with Gasteiger partial charge < -0.3 is 14.5 Å². The van der Waals surface area contributed by atoms with Gasteiger partial charge in [0.2, 0.25) is 11.8 Å². The molecule has 0 saturated carbocycles. The molecule has 0 spiro atoms. The molecule has 0 aromatic carbocycles. The van der Waals surface area contributed by atoms with E-state index in [1.54, 1.807) is 25.7 Å². The van der Waals surface area contributed by atoms with Crippen molar-refractivity contribution in [1.29, 1.82) is 0 Å². The van der Waals surface area contributed by atoms with Crippen molar-refractivity contribution in [3.63, 3.8) is 0 Å². The van der Waals surface area contributed by atoms with Crippen molar-refractivity contribution in [3.05, 3.63) is 0 Å². The minimum Gasteiger partial charge on any atom is -0.459 e. The van der Waals surface area contributed by atoms with E-state index in [0.29, 0.717) is 19.0 Å². The van der Waals surface area contributed by atoms with Crippen LogP contribution in [0.1, 0.15) is 48.0 Å². The van der Waals surface area contributed by atoms with Crippen LogP contribution in [0.3, 0.4) is 0 Å². The zero-order valence-electron chi connectivity index (χ0n) is 15.7. The SMILES string of the molecule is C#CCN(CC(=O)OC(C)(C)C)C(=O)CCN(CC(C)C)C(C)=O. The van der Waals surface area contributed by atoms with Crippen molar-refractivity contribution >= 4 is 17.8 Å². The number of carbonyl (C=O) groups is 3. The number of ether oxygens (including phenoxy) is 1. The zero-order chi connectivity index (χ0) is 18.9. The quantitative estimate of drug-likeness (QED) is 0.499. The Hall–Kier alpha value is -2.03. The van der Waals surface area contributed by atoms with Gasteiger partial charge in [-0.1, -0.05) is 19.8 Å². The first-order valence-corrected chi connectivity index (χ1v) is 8.15. The summed E-state index contributed by atoms with van der Waals surface area (Å²) < 4.78 is 5.22. The van der Waals surface area contributed by atoms with E-state index in [1.165, 1.54) is 11.8 Å². The van der Waals surface area contributed by atoms with Crippen LogP contribution >= 0.6 is 0 Å². The van der Waals surface area contributed by atoms with Crippen LogP contribution in [0, 0.1) is 18.3 Å². The molecule has 0 aliphatic heterocycles. The molecule has 24 heavy (non-hydrogen) atoms. The average Bonchev–Trinajstić information content (AvgIpc) is 2.39. The molecule has 0 aromatic rings. The van der Waals surface area contributed by atoms with E-state index in [0.717, 1.165) is 0 Å². The molecule has 0 atom stereocenters. The lowest BCUT2D eigenvalue weighted by atomic mass is 10.2. The topological polar surface area (TPSA) is 66.9 Å². The fourth-order valence-corrected chi connectivity index (χ4v) is 2.08. The summed E-state index contributed by atoms with van der Waals surface area (Å²) in [5.41, 5.74) is -0.620. The molecule has 0 heterocycles. The van der Waals surface area contributed by atoms with Crippen molar-refractivity contribution in [2.45, 2.75) is 53.6 Å². The highest BCUT2D eigenvalue weighted by Crippen LogP contribution is 2.08. The summed E-state index contributed by atoms with van der Waals surface area (Å²) >= 11 is 0. The van der Waals surface area contributed by atoms with Gasteiger partial charge in [-0.05, 0) is 26.7 Å². The second-order valence-electron chi connectivity index (χ2n) is 7.15. The van der Waals surface area contributed by atoms with Gasteiger partial charge in [0.1, 0.15) is 12.1 Å². The Morgan fingerprint density at radius 2 is 1.75 bits per heavy atom. The van der Waals surface area contributed by atoms with Crippen LogP contribution in [-0.2, 0) is 19.1 Å². The number of hydrogen-bond acceptors (Lipinski definition) is 4. The number of carbonyl (C=O) groups excluding carboxylic acids is 3. The predicted octanol–water partition coefficient (Wildman–Crippen LogP) is 1.68. The molecule has 0 radical (unpaired) electrons. The first kappa shape index (κ1) is 22.0. The summed E-state index contributed by atoms with van der Waals surface area (Å²) in [6.45, 7) is 11.5. The van der Waals surface area contributed by atoms with Gasteiger partial charge in [0.05, 0.1) is 6.54 Å². The number of terminal acetylenes is 1. The standard InChI is InChI=1S/C18H30N2O4/c1-8-10-20(13-17(23)24-18(5,6)7)16(22)9-11-19(15(4)21)12-14(2)3/h1,14H,9-13H2,2-7H3. The Bertz CT molecular complexity index is 486. The molecular formula is C18H30N2O4. The van der Waals surface area contributed by atoms with Crippen LogP contribution in [0.25, 0.3) is 0 Å². The molecule has 0 aliphatic rings. The number of amides is 2. The third-order valence-corrected chi connectivity index (χ3v) is 3.00. The van der Waals surface area contributed by atoms with Gasteiger partial charge in [-0.25, -0.2) is 0 Å². The van der Waals surface area contributed by atoms with Gasteiger partial charge in [0, 0.05) is 26.4 Å². The maximum atomic E-state index is 12.3. The maximum absolute atomic E-state index is 12.3. The normalized spacial score (nSPS) is 10.9. The Morgan fingerprint density at radius 3 is 2.17 bits per heavy atom. The van der Waals surface area contributed by atoms with Crippen molar-refractivity contribution in [3.8, 4) is 12.3 Å². The Morgan fingerprint density at radius 1 is 1.17 bits per heavy atom. The summed E-state index contributed by atoms with van der Waals surface area (Å²) in [7, 11) is 0. The summed E-state index contributed by atoms with van der Waals surface area (Å²) in [6.07, 6.45) is 5.40. The van der Waals surface area contributed by atoms with Crippen LogP contribution in [-0.4, -0.2) is 59.4 Å². The molecule has 2 amide bonds. The number of hydrogen-bond donors (Lipinski definition) is 0. The molecule has 6 heteroatoms. The second-order valence-corrected chi connectivity index (χ2v) is 7.15. The van der Waals surface area contributed by atoms with Crippen LogP contribution in [0.4, 0.5) is 0 Å². The van der Waals surface area contributed by atoms with Gasteiger partial charge in [0.15, 0.2) is 0 Å².